The fraction of sp³-hybridized carbons (Fsp3) is 0.538. The lowest BCUT2D eigenvalue weighted by Gasteiger charge is -2.23. The van der Waals surface area contributed by atoms with Crippen LogP contribution in [0.15, 0.2) is 12.1 Å². The highest BCUT2D eigenvalue weighted by atomic mass is 19.1. The largest absolute Gasteiger partial charge is 0.494 e. The zero-order valence-corrected chi connectivity index (χ0v) is 9.93. The zero-order chi connectivity index (χ0) is 12.3. The average molecular weight is 241 g/mol. The van der Waals surface area contributed by atoms with Gasteiger partial charge in [-0.3, -0.25) is 0 Å². The molecule has 1 heterocycles. The molecule has 2 nitrogen and oxygen atoms in total. The summed E-state index contributed by atoms with van der Waals surface area (Å²) < 4.78 is 31.7. The molecule has 1 aliphatic heterocycles. The Morgan fingerprint density at radius 1 is 1.35 bits per heavy atom. The van der Waals surface area contributed by atoms with Crippen LogP contribution in [0.5, 0.6) is 5.75 Å². The number of hydrogen-bond acceptors (Lipinski definition) is 2. The lowest BCUT2D eigenvalue weighted by molar-refractivity contribution is 0.364. The SMILES string of the molecule is COc1cc(CC2CCCNC2)c(F)cc1F. The van der Waals surface area contributed by atoms with E-state index in [4.69, 9.17) is 4.74 Å². The van der Waals surface area contributed by atoms with Crippen LogP contribution in [0.2, 0.25) is 0 Å². The van der Waals surface area contributed by atoms with Crippen molar-refractivity contribution in [2.24, 2.45) is 5.92 Å². The maximum absolute atomic E-state index is 13.6. The molecule has 4 heteroatoms. The fourth-order valence-electron chi connectivity index (χ4n) is 2.29. The molecule has 0 aliphatic carbocycles. The first-order valence-electron chi connectivity index (χ1n) is 5.93. The van der Waals surface area contributed by atoms with Gasteiger partial charge in [0.25, 0.3) is 0 Å². The topological polar surface area (TPSA) is 21.3 Å². The van der Waals surface area contributed by atoms with Gasteiger partial charge in [-0.1, -0.05) is 0 Å². The molecular formula is C13H17F2NO. The predicted molar refractivity (Wildman–Crippen MR) is 62.2 cm³/mol. The van der Waals surface area contributed by atoms with E-state index in [1.165, 1.54) is 13.2 Å². The maximum atomic E-state index is 13.6. The molecule has 94 valence electrons. The van der Waals surface area contributed by atoms with Crippen molar-refractivity contribution in [2.75, 3.05) is 20.2 Å². The van der Waals surface area contributed by atoms with Crippen LogP contribution in [0, 0.1) is 17.6 Å². The monoisotopic (exact) mass is 241 g/mol. The summed E-state index contributed by atoms with van der Waals surface area (Å²) in [7, 11) is 1.39. The van der Waals surface area contributed by atoms with Crippen molar-refractivity contribution in [3.05, 3.63) is 29.3 Å². The van der Waals surface area contributed by atoms with Crippen molar-refractivity contribution >= 4 is 0 Å². The Kier molecular flexibility index (Phi) is 3.94. The quantitative estimate of drug-likeness (QED) is 0.878. The summed E-state index contributed by atoms with van der Waals surface area (Å²) in [5.41, 5.74) is 0.539. The summed E-state index contributed by atoms with van der Waals surface area (Å²) in [5.74, 6) is -0.581. The van der Waals surface area contributed by atoms with Gasteiger partial charge in [-0.25, -0.2) is 8.78 Å². The van der Waals surface area contributed by atoms with Gasteiger partial charge in [-0.05, 0) is 49.9 Å². The summed E-state index contributed by atoms with van der Waals surface area (Å²) in [6.45, 7) is 1.94. The number of benzene rings is 1. The molecule has 0 aromatic heterocycles. The molecule has 17 heavy (non-hydrogen) atoms. The minimum absolute atomic E-state index is 0.116. The molecule has 0 radical (unpaired) electrons. The van der Waals surface area contributed by atoms with Gasteiger partial charge in [-0.2, -0.15) is 0 Å². The number of halogens is 2. The normalized spacial score (nSPS) is 20.3. The molecule has 1 unspecified atom stereocenters. The molecule has 1 N–H and O–H groups in total. The molecule has 1 aliphatic rings. The van der Waals surface area contributed by atoms with E-state index >= 15 is 0 Å². The Morgan fingerprint density at radius 3 is 2.82 bits per heavy atom. The Balaban J connectivity index is 2.13. The minimum Gasteiger partial charge on any atom is -0.494 e. The maximum Gasteiger partial charge on any atom is 0.167 e. The van der Waals surface area contributed by atoms with Crippen molar-refractivity contribution < 1.29 is 13.5 Å². The highest BCUT2D eigenvalue weighted by Crippen LogP contribution is 2.25. The summed E-state index contributed by atoms with van der Waals surface area (Å²) in [6, 6.07) is 2.38. The van der Waals surface area contributed by atoms with Crippen molar-refractivity contribution in [1.82, 2.24) is 5.32 Å². The Labute approximate surface area is 100.0 Å². The number of nitrogens with one attached hydrogen (secondary N) is 1. The van der Waals surface area contributed by atoms with Crippen LogP contribution in [0.3, 0.4) is 0 Å². The van der Waals surface area contributed by atoms with Gasteiger partial charge in [0.2, 0.25) is 0 Å². The molecule has 0 saturated carbocycles. The molecule has 1 aromatic rings. The Morgan fingerprint density at radius 2 is 2.18 bits per heavy atom. The minimum atomic E-state index is -0.643. The summed E-state index contributed by atoms with van der Waals surface area (Å²) >= 11 is 0. The van der Waals surface area contributed by atoms with E-state index in [-0.39, 0.29) is 5.75 Å². The molecule has 1 aromatic carbocycles. The van der Waals surface area contributed by atoms with Crippen LogP contribution in [-0.2, 0) is 6.42 Å². The molecule has 1 atom stereocenters. The third kappa shape index (κ3) is 2.94. The third-order valence-electron chi connectivity index (χ3n) is 3.23. The second-order valence-electron chi connectivity index (χ2n) is 4.49. The van der Waals surface area contributed by atoms with Crippen LogP contribution in [0.25, 0.3) is 0 Å². The van der Waals surface area contributed by atoms with Crippen LogP contribution >= 0.6 is 0 Å². The lowest BCUT2D eigenvalue weighted by Crippen LogP contribution is -2.31. The molecule has 2 rings (SSSR count). The first-order chi connectivity index (χ1) is 8.20. The van der Waals surface area contributed by atoms with Crippen LogP contribution < -0.4 is 10.1 Å². The highest BCUT2D eigenvalue weighted by molar-refractivity contribution is 5.32. The summed E-state index contributed by atoms with van der Waals surface area (Å²) in [4.78, 5) is 0. The van der Waals surface area contributed by atoms with Crippen molar-refractivity contribution in [3.63, 3.8) is 0 Å². The van der Waals surface area contributed by atoms with E-state index in [9.17, 15) is 8.78 Å². The highest BCUT2D eigenvalue weighted by Gasteiger charge is 2.17. The second kappa shape index (κ2) is 5.45. The number of rotatable bonds is 3. The standard InChI is InChI=1S/C13H17F2NO/c1-17-13-6-10(11(14)7-12(13)15)5-9-3-2-4-16-8-9/h6-7,9,16H,2-5,8H2,1H3. The van der Waals surface area contributed by atoms with Gasteiger partial charge in [0.05, 0.1) is 7.11 Å². The molecule has 0 amide bonds. The van der Waals surface area contributed by atoms with E-state index in [2.05, 4.69) is 5.32 Å². The van der Waals surface area contributed by atoms with Crippen LogP contribution in [0.4, 0.5) is 8.78 Å². The van der Waals surface area contributed by atoms with Crippen molar-refractivity contribution in [3.8, 4) is 5.75 Å². The summed E-state index contributed by atoms with van der Waals surface area (Å²) in [6.07, 6.45) is 2.84. The summed E-state index contributed by atoms with van der Waals surface area (Å²) in [5, 5.41) is 3.29. The zero-order valence-electron chi connectivity index (χ0n) is 9.93. The van der Waals surface area contributed by atoms with Gasteiger partial charge in [0, 0.05) is 6.07 Å². The van der Waals surface area contributed by atoms with E-state index in [0.29, 0.717) is 17.9 Å². The first-order valence-corrected chi connectivity index (χ1v) is 5.93. The van der Waals surface area contributed by atoms with E-state index in [1.807, 2.05) is 0 Å². The number of piperidine rings is 1. The average Bonchev–Trinajstić information content (AvgIpc) is 2.34. The van der Waals surface area contributed by atoms with E-state index in [0.717, 1.165) is 32.0 Å². The van der Waals surface area contributed by atoms with Gasteiger partial charge >= 0.3 is 0 Å². The first kappa shape index (κ1) is 12.3. The van der Waals surface area contributed by atoms with Crippen molar-refractivity contribution in [2.45, 2.75) is 19.3 Å². The number of ether oxygens (including phenoxy) is 1. The number of methoxy groups -OCH3 is 1. The third-order valence-corrected chi connectivity index (χ3v) is 3.23. The van der Waals surface area contributed by atoms with Crippen molar-refractivity contribution in [1.29, 1.82) is 0 Å². The van der Waals surface area contributed by atoms with E-state index < -0.39 is 11.6 Å². The van der Waals surface area contributed by atoms with Gasteiger partial charge in [0.15, 0.2) is 11.6 Å². The van der Waals surface area contributed by atoms with E-state index in [1.54, 1.807) is 0 Å². The molecular weight excluding hydrogens is 224 g/mol. The van der Waals surface area contributed by atoms with Gasteiger partial charge < -0.3 is 10.1 Å². The fourth-order valence-corrected chi connectivity index (χ4v) is 2.29. The van der Waals surface area contributed by atoms with Gasteiger partial charge in [0.1, 0.15) is 5.82 Å². The smallest absolute Gasteiger partial charge is 0.167 e. The molecule has 0 spiro atoms. The Bertz CT molecular complexity index is 389. The predicted octanol–water partition coefficient (Wildman–Crippen LogP) is 2.52. The molecule has 0 bridgehead atoms. The Hall–Kier alpha value is -1.16. The lowest BCUT2D eigenvalue weighted by atomic mass is 9.92. The van der Waals surface area contributed by atoms with Gasteiger partial charge in [-0.15, -0.1) is 0 Å². The second-order valence-corrected chi connectivity index (χ2v) is 4.49. The number of hydrogen-bond donors (Lipinski definition) is 1. The molecule has 1 fully saturated rings. The molecule has 1 saturated heterocycles. The van der Waals surface area contributed by atoms with Crippen LogP contribution in [0.1, 0.15) is 18.4 Å². The van der Waals surface area contributed by atoms with Crippen LogP contribution in [-0.4, -0.2) is 20.2 Å².